The van der Waals surface area contributed by atoms with Crippen molar-refractivity contribution in [2.75, 3.05) is 13.1 Å². The molecule has 8 heteroatoms. The lowest BCUT2D eigenvalue weighted by Gasteiger charge is -2.31. The number of carbonyl (C=O) groups is 1. The Morgan fingerprint density at radius 3 is 2.39 bits per heavy atom. The molecule has 0 radical (unpaired) electrons. The highest BCUT2D eigenvalue weighted by molar-refractivity contribution is 5.94. The van der Waals surface area contributed by atoms with Gasteiger partial charge in [-0.2, -0.15) is 0 Å². The Hall–Kier alpha value is -3.81. The van der Waals surface area contributed by atoms with E-state index in [0.29, 0.717) is 30.6 Å². The number of benzene rings is 2. The van der Waals surface area contributed by atoms with Crippen molar-refractivity contribution in [3.63, 3.8) is 0 Å². The lowest BCUT2D eigenvalue weighted by molar-refractivity contribution is 0.0689. The molecular weight excluding hydrogens is 392 g/mol. The van der Waals surface area contributed by atoms with Crippen LogP contribution in [0.5, 0.6) is 0 Å². The predicted molar refractivity (Wildman–Crippen MR) is 114 cm³/mol. The summed E-state index contributed by atoms with van der Waals surface area (Å²) in [5.74, 6) is 0.878. The molecule has 0 bridgehead atoms. The Morgan fingerprint density at radius 2 is 1.65 bits per heavy atom. The van der Waals surface area contributed by atoms with Gasteiger partial charge >= 0.3 is 0 Å². The van der Waals surface area contributed by atoms with Gasteiger partial charge in [-0.15, -0.1) is 15.3 Å². The second-order valence-corrected chi connectivity index (χ2v) is 7.75. The fourth-order valence-electron chi connectivity index (χ4n) is 3.79. The SMILES string of the molecule is Cc1ccc(-c2nnc(-c3cn(C4CCN(C(=O)c5ccccc5)CC4)nn3)o2)cc1. The molecule has 5 rings (SSSR count). The van der Waals surface area contributed by atoms with Crippen LogP contribution < -0.4 is 0 Å². The molecule has 2 aromatic carbocycles. The van der Waals surface area contributed by atoms with Crippen LogP contribution in [-0.4, -0.2) is 49.1 Å². The van der Waals surface area contributed by atoms with Crippen LogP contribution in [-0.2, 0) is 0 Å². The minimum Gasteiger partial charge on any atom is -0.414 e. The Bertz CT molecular complexity index is 1170. The first-order valence-electron chi connectivity index (χ1n) is 10.3. The Kier molecular flexibility index (Phi) is 5.03. The van der Waals surface area contributed by atoms with E-state index in [4.69, 9.17) is 4.42 Å². The minimum atomic E-state index is 0.0767. The summed E-state index contributed by atoms with van der Waals surface area (Å²) in [6, 6.07) is 17.5. The number of aryl methyl sites for hydroxylation is 1. The molecule has 1 fully saturated rings. The Balaban J connectivity index is 1.25. The molecule has 0 aliphatic carbocycles. The molecule has 0 atom stereocenters. The number of carbonyl (C=O) groups excluding carboxylic acids is 1. The van der Waals surface area contributed by atoms with Gasteiger partial charge in [0, 0.05) is 24.2 Å². The minimum absolute atomic E-state index is 0.0767. The first-order valence-corrected chi connectivity index (χ1v) is 10.3. The highest BCUT2D eigenvalue weighted by atomic mass is 16.4. The van der Waals surface area contributed by atoms with Crippen molar-refractivity contribution >= 4 is 5.91 Å². The number of hydrogen-bond donors (Lipinski definition) is 0. The van der Waals surface area contributed by atoms with E-state index in [1.165, 1.54) is 5.56 Å². The summed E-state index contributed by atoms with van der Waals surface area (Å²) < 4.78 is 7.65. The molecule has 31 heavy (non-hydrogen) atoms. The molecular formula is C23H22N6O2. The smallest absolute Gasteiger partial charge is 0.270 e. The first-order chi connectivity index (χ1) is 15.2. The molecule has 0 spiro atoms. The number of amides is 1. The molecule has 1 amide bonds. The summed E-state index contributed by atoms with van der Waals surface area (Å²) in [6.45, 7) is 3.40. The number of likely N-dealkylation sites (tertiary alicyclic amines) is 1. The molecule has 156 valence electrons. The molecule has 1 saturated heterocycles. The van der Waals surface area contributed by atoms with Crippen molar-refractivity contribution in [3.05, 3.63) is 71.9 Å². The van der Waals surface area contributed by atoms with Crippen LogP contribution in [0.2, 0.25) is 0 Å². The second kappa shape index (κ2) is 8.14. The number of rotatable bonds is 4. The number of piperidine rings is 1. The van der Waals surface area contributed by atoms with Gasteiger partial charge in [0.05, 0.1) is 12.2 Å². The molecule has 0 unspecified atom stereocenters. The lowest BCUT2D eigenvalue weighted by atomic mass is 10.0. The van der Waals surface area contributed by atoms with Crippen molar-refractivity contribution in [1.29, 1.82) is 0 Å². The van der Waals surface area contributed by atoms with E-state index in [0.717, 1.165) is 24.0 Å². The fourth-order valence-corrected chi connectivity index (χ4v) is 3.79. The zero-order chi connectivity index (χ0) is 21.2. The van der Waals surface area contributed by atoms with Gasteiger partial charge in [-0.3, -0.25) is 4.79 Å². The van der Waals surface area contributed by atoms with E-state index in [9.17, 15) is 4.79 Å². The maximum Gasteiger partial charge on any atom is 0.270 e. The van der Waals surface area contributed by atoms with E-state index in [1.54, 1.807) is 0 Å². The van der Waals surface area contributed by atoms with Crippen molar-refractivity contribution < 1.29 is 9.21 Å². The van der Waals surface area contributed by atoms with Gasteiger partial charge in [-0.05, 0) is 44.0 Å². The van der Waals surface area contributed by atoms with Crippen LogP contribution >= 0.6 is 0 Å². The summed E-state index contributed by atoms with van der Waals surface area (Å²) in [6.07, 6.45) is 3.48. The molecule has 4 aromatic rings. The van der Waals surface area contributed by atoms with E-state index < -0.39 is 0 Å². The summed E-state index contributed by atoms with van der Waals surface area (Å²) in [5, 5.41) is 16.8. The monoisotopic (exact) mass is 414 g/mol. The van der Waals surface area contributed by atoms with Crippen LogP contribution in [0.4, 0.5) is 0 Å². The van der Waals surface area contributed by atoms with Crippen LogP contribution in [0.25, 0.3) is 23.0 Å². The summed E-state index contributed by atoms with van der Waals surface area (Å²) in [5.41, 5.74) is 3.31. The highest BCUT2D eigenvalue weighted by Gasteiger charge is 2.26. The largest absolute Gasteiger partial charge is 0.414 e. The number of hydrogen-bond acceptors (Lipinski definition) is 6. The van der Waals surface area contributed by atoms with Gasteiger partial charge in [0.2, 0.25) is 5.89 Å². The van der Waals surface area contributed by atoms with Crippen molar-refractivity contribution in [1.82, 2.24) is 30.1 Å². The Labute approximate surface area is 179 Å². The zero-order valence-corrected chi connectivity index (χ0v) is 17.2. The average molecular weight is 414 g/mol. The van der Waals surface area contributed by atoms with Gasteiger partial charge in [0.15, 0.2) is 5.69 Å². The second-order valence-electron chi connectivity index (χ2n) is 7.75. The fraction of sp³-hybridized carbons (Fsp3) is 0.261. The highest BCUT2D eigenvalue weighted by Crippen LogP contribution is 2.26. The molecule has 0 N–H and O–H groups in total. The molecule has 0 saturated carbocycles. The van der Waals surface area contributed by atoms with Crippen molar-refractivity contribution in [3.8, 4) is 23.0 Å². The van der Waals surface area contributed by atoms with Crippen LogP contribution in [0.1, 0.15) is 34.8 Å². The molecule has 1 aliphatic heterocycles. The number of nitrogens with zero attached hydrogens (tertiary/aromatic N) is 6. The summed E-state index contributed by atoms with van der Waals surface area (Å²) in [7, 11) is 0. The normalized spacial score (nSPS) is 14.7. The van der Waals surface area contributed by atoms with E-state index >= 15 is 0 Å². The van der Waals surface area contributed by atoms with Crippen molar-refractivity contribution in [2.24, 2.45) is 0 Å². The quantitative estimate of drug-likeness (QED) is 0.505. The maximum absolute atomic E-state index is 12.6. The maximum atomic E-state index is 12.6. The average Bonchev–Trinajstić information content (AvgIpc) is 3.50. The van der Waals surface area contributed by atoms with Crippen LogP contribution in [0, 0.1) is 6.92 Å². The third-order valence-corrected chi connectivity index (χ3v) is 5.60. The topological polar surface area (TPSA) is 89.9 Å². The third-order valence-electron chi connectivity index (χ3n) is 5.60. The molecule has 8 nitrogen and oxygen atoms in total. The van der Waals surface area contributed by atoms with Gasteiger partial charge in [0.25, 0.3) is 11.8 Å². The predicted octanol–water partition coefficient (Wildman–Crippen LogP) is 3.78. The molecule has 1 aliphatic rings. The van der Waals surface area contributed by atoms with E-state index in [1.807, 2.05) is 77.3 Å². The van der Waals surface area contributed by atoms with Gasteiger partial charge < -0.3 is 9.32 Å². The number of aromatic nitrogens is 5. The summed E-state index contributed by atoms with van der Waals surface area (Å²) >= 11 is 0. The first kappa shape index (κ1) is 19.2. The lowest BCUT2D eigenvalue weighted by Crippen LogP contribution is -2.39. The molecule has 2 aromatic heterocycles. The standard InChI is InChI=1S/C23H22N6O2/c1-16-7-9-17(10-8-16)21-25-26-22(31-21)20-15-29(27-24-20)19-11-13-28(14-12-19)23(30)18-5-3-2-4-6-18/h2-10,15,19H,11-14H2,1H3. The van der Waals surface area contributed by atoms with Crippen LogP contribution in [0.15, 0.2) is 65.2 Å². The molecule has 3 heterocycles. The van der Waals surface area contributed by atoms with Gasteiger partial charge in [0.1, 0.15) is 0 Å². The van der Waals surface area contributed by atoms with Crippen molar-refractivity contribution in [2.45, 2.75) is 25.8 Å². The van der Waals surface area contributed by atoms with Gasteiger partial charge in [-0.1, -0.05) is 41.1 Å². The van der Waals surface area contributed by atoms with Gasteiger partial charge in [-0.25, -0.2) is 4.68 Å². The third kappa shape index (κ3) is 3.96. The van der Waals surface area contributed by atoms with Crippen LogP contribution in [0.3, 0.4) is 0 Å². The zero-order valence-electron chi connectivity index (χ0n) is 17.2. The van der Waals surface area contributed by atoms with E-state index in [2.05, 4.69) is 20.5 Å². The van der Waals surface area contributed by atoms with E-state index in [-0.39, 0.29) is 11.9 Å². The summed E-state index contributed by atoms with van der Waals surface area (Å²) in [4.78, 5) is 14.5. The Morgan fingerprint density at radius 1 is 0.935 bits per heavy atom.